The lowest BCUT2D eigenvalue weighted by Gasteiger charge is -2.35. The van der Waals surface area contributed by atoms with E-state index >= 15 is 0 Å². The van der Waals surface area contributed by atoms with Crippen LogP contribution in [0.5, 0.6) is 0 Å². The number of carbonyl (C=O) groups is 2. The highest BCUT2D eigenvalue weighted by Gasteiger charge is 2.35. The fraction of sp³-hybridized carbons (Fsp3) is 0.143. The molecule has 2 amide bonds. The first-order chi connectivity index (χ1) is 13.4. The Morgan fingerprint density at radius 2 is 1.64 bits per heavy atom. The van der Waals surface area contributed by atoms with Crippen molar-refractivity contribution in [3.8, 4) is 0 Å². The van der Waals surface area contributed by atoms with Gasteiger partial charge in [0.25, 0.3) is 5.91 Å². The number of amides is 2. The van der Waals surface area contributed by atoms with Crippen LogP contribution in [0.15, 0.2) is 66.0 Å². The quantitative estimate of drug-likeness (QED) is 0.664. The lowest BCUT2D eigenvalue weighted by molar-refractivity contribution is -0.123. The summed E-state index contributed by atoms with van der Waals surface area (Å²) in [6, 6.07) is 13.0. The average Bonchev–Trinajstić information content (AvgIpc) is 3.18. The van der Waals surface area contributed by atoms with Crippen molar-refractivity contribution in [2.24, 2.45) is 5.73 Å². The summed E-state index contributed by atoms with van der Waals surface area (Å²) < 4.78 is 27.6. The van der Waals surface area contributed by atoms with Crippen molar-refractivity contribution in [2.45, 2.75) is 19.0 Å². The van der Waals surface area contributed by atoms with E-state index in [1.54, 1.807) is 54.8 Å². The number of hydrogen-bond acceptors (Lipinski definition) is 3. The van der Waals surface area contributed by atoms with Crippen molar-refractivity contribution < 1.29 is 18.4 Å². The van der Waals surface area contributed by atoms with Crippen molar-refractivity contribution in [2.75, 3.05) is 0 Å². The van der Waals surface area contributed by atoms with E-state index in [9.17, 15) is 18.4 Å². The number of benzene rings is 2. The monoisotopic (exact) mass is 400 g/mol. The minimum atomic E-state index is -1.07. The molecule has 0 saturated carbocycles. The molecule has 3 aromatic rings. The molecule has 0 bridgehead atoms. The van der Waals surface area contributed by atoms with E-state index in [-0.39, 0.29) is 5.56 Å². The second-order valence-electron chi connectivity index (χ2n) is 6.28. The number of halogens is 2. The molecule has 0 aliphatic heterocycles. The first kappa shape index (κ1) is 19.7. The maximum atomic E-state index is 13.8. The van der Waals surface area contributed by atoms with Crippen LogP contribution in [0.3, 0.4) is 0 Å². The summed E-state index contributed by atoms with van der Waals surface area (Å²) in [6.45, 7) is 1.61. The zero-order chi connectivity index (χ0) is 20.3. The summed E-state index contributed by atoms with van der Waals surface area (Å²) in [7, 11) is 0. The van der Waals surface area contributed by atoms with E-state index in [1.165, 1.54) is 16.2 Å². The Labute approximate surface area is 165 Å². The summed E-state index contributed by atoms with van der Waals surface area (Å²) in [6.07, 6.45) is 0. The summed E-state index contributed by atoms with van der Waals surface area (Å²) in [5, 5.41) is 1.77. The summed E-state index contributed by atoms with van der Waals surface area (Å²) in [4.78, 5) is 27.5. The molecule has 1 aromatic heterocycles. The molecular formula is C21H18F2N2O2S. The first-order valence-electron chi connectivity index (χ1n) is 8.55. The van der Waals surface area contributed by atoms with E-state index in [4.69, 9.17) is 5.73 Å². The second kappa shape index (κ2) is 8.31. The molecular weight excluding hydrogens is 382 g/mol. The van der Waals surface area contributed by atoms with Crippen molar-refractivity contribution in [1.29, 1.82) is 0 Å². The summed E-state index contributed by atoms with van der Waals surface area (Å²) >= 11 is 1.28. The molecule has 4 nitrogen and oxygen atoms in total. The third kappa shape index (κ3) is 4.09. The molecule has 2 atom stereocenters. The van der Waals surface area contributed by atoms with Gasteiger partial charge in [-0.05, 0) is 48.2 Å². The fourth-order valence-electron chi connectivity index (χ4n) is 3.08. The molecule has 0 fully saturated rings. The number of primary amides is 1. The molecule has 1 heterocycles. The lowest BCUT2D eigenvalue weighted by atomic mass is 10.0. The van der Waals surface area contributed by atoms with E-state index < -0.39 is 35.5 Å². The predicted molar refractivity (Wildman–Crippen MR) is 104 cm³/mol. The van der Waals surface area contributed by atoms with Crippen molar-refractivity contribution >= 4 is 23.2 Å². The van der Waals surface area contributed by atoms with Crippen LogP contribution in [0.4, 0.5) is 8.78 Å². The van der Waals surface area contributed by atoms with Crippen LogP contribution in [0.1, 0.15) is 39.8 Å². The smallest absolute Gasteiger partial charge is 0.255 e. The Bertz CT molecular complexity index is 957. The second-order valence-corrected chi connectivity index (χ2v) is 7.26. The summed E-state index contributed by atoms with van der Waals surface area (Å²) in [5.41, 5.74) is 6.21. The molecule has 3 rings (SSSR count). The minimum absolute atomic E-state index is 0.226. The van der Waals surface area contributed by atoms with Crippen LogP contribution in [-0.4, -0.2) is 16.7 Å². The normalized spacial score (nSPS) is 13.0. The number of thiophene rings is 1. The van der Waals surface area contributed by atoms with Gasteiger partial charge in [-0.2, -0.15) is 0 Å². The lowest BCUT2D eigenvalue weighted by Crippen LogP contribution is -2.43. The van der Waals surface area contributed by atoms with Crippen LogP contribution in [0.2, 0.25) is 0 Å². The average molecular weight is 400 g/mol. The van der Waals surface area contributed by atoms with Gasteiger partial charge in [-0.25, -0.2) is 8.78 Å². The molecule has 0 radical (unpaired) electrons. The Balaban J connectivity index is 2.13. The molecule has 0 aliphatic rings. The zero-order valence-electron chi connectivity index (χ0n) is 15.0. The van der Waals surface area contributed by atoms with Crippen LogP contribution in [-0.2, 0) is 4.79 Å². The van der Waals surface area contributed by atoms with E-state index in [0.29, 0.717) is 10.4 Å². The van der Waals surface area contributed by atoms with Crippen molar-refractivity contribution in [3.05, 3.63) is 93.7 Å². The van der Waals surface area contributed by atoms with Gasteiger partial charge in [-0.3, -0.25) is 9.59 Å². The molecule has 7 heteroatoms. The van der Waals surface area contributed by atoms with Gasteiger partial charge in [-0.15, -0.1) is 11.3 Å². The Morgan fingerprint density at radius 3 is 2.18 bits per heavy atom. The van der Waals surface area contributed by atoms with Crippen molar-refractivity contribution in [3.63, 3.8) is 0 Å². The number of nitrogens with two attached hydrogens (primary N) is 1. The van der Waals surface area contributed by atoms with Gasteiger partial charge in [0.05, 0.1) is 6.04 Å². The maximum absolute atomic E-state index is 13.8. The predicted octanol–water partition coefficient (Wildman–Crippen LogP) is 4.46. The third-order valence-corrected chi connectivity index (χ3v) is 5.32. The van der Waals surface area contributed by atoms with Gasteiger partial charge in [0.15, 0.2) is 0 Å². The topological polar surface area (TPSA) is 63.4 Å². The number of hydrogen-bond donors (Lipinski definition) is 1. The van der Waals surface area contributed by atoms with Gasteiger partial charge in [0, 0.05) is 16.5 Å². The Hall–Kier alpha value is -3.06. The number of nitrogens with zero attached hydrogens (tertiary/aromatic N) is 1. The zero-order valence-corrected chi connectivity index (χ0v) is 15.8. The van der Waals surface area contributed by atoms with Gasteiger partial charge < -0.3 is 10.6 Å². The van der Waals surface area contributed by atoms with Crippen LogP contribution in [0.25, 0.3) is 0 Å². The number of carbonyl (C=O) groups excluding carboxylic acids is 2. The fourth-order valence-corrected chi connectivity index (χ4v) is 3.91. The standard InChI is InChI=1S/C21H18F2N2O2S/c1-13(15-10-16(22)12-17(23)11-15)25(21(27)14-6-3-2-4-7-14)19(20(24)26)18-8-5-9-28-18/h2-13,19H,1H3,(H2,24,26)/t13-,19+/m1/s1. The first-order valence-corrected chi connectivity index (χ1v) is 9.43. The molecule has 0 aliphatic carbocycles. The van der Waals surface area contributed by atoms with Crippen LogP contribution < -0.4 is 5.73 Å². The molecule has 2 aromatic carbocycles. The van der Waals surface area contributed by atoms with E-state index in [1.807, 2.05) is 0 Å². The molecule has 0 saturated heterocycles. The van der Waals surface area contributed by atoms with Gasteiger partial charge in [0.2, 0.25) is 5.91 Å². The highest BCUT2D eigenvalue weighted by atomic mass is 32.1. The third-order valence-electron chi connectivity index (χ3n) is 4.40. The van der Waals surface area contributed by atoms with Crippen LogP contribution in [0, 0.1) is 11.6 Å². The highest BCUT2D eigenvalue weighted by molar-refractivity contribution is 7.10. The van der Waals surface area contributed by atoms with Gasteiger partial charge in [0.1, 0.15) is 17.7 Å². The molecule has 2 N–H and O–H groups in total. The summed E-state index contributed by atoms with van der Waals surface area (Å²) in [5.74, 6) is -2.72. The minimum Gasteiger partial charge on any atom is -0.368 e. The highest BCUT2D eigenvalue weighted by Crippen LogP contribution is 2.34. The van der Waals surface area contributed by atoms with Gasteiger partial charge >= 0.3 is 0 Å². The SMILES string of the molecule is C[C@H](c1cc(F)cc(F)c1)N(C(=O)c1ccccc1)[C@H](C(N)=O)c1cccs1. The van der Waals surface area contributed by atoms with Crippen molar-refractivity contribution in [1.82, 2.24) is 4.90 Å². The number of rotatable bonds is 6. The van der Waals surface area contributed by atoms with E-state index in [2.05, 4.69) is 0 Å². The van der Waals surface area contributed by atoms with Gasteiger partial charge in [-0.1, -0.05) is 24.3 Å². The molecule has 0 unspecified atom stereocenters. The molecule has 0 spiro atoms. The molecule has 144 valence electrons. The van der Waals surface area contributed by atoms with Crippen LogP contribution >= 0.6 is 11.3 Å². The maximum Gasteiger partial charge on any atom is 0.255 e. The largest absolute Gasteiger partial charge is 0.368 e. The van der Waals surface area contributed by atoms with E-state index in [0.717, 1.165) is 18.2 Å². The Kier molecular flexibility index (Phi) is 5.84. The molecule has 28 heavy (non-hydrogen) atoms. The Morgan fingerprint density at radius 1 is 1.00 bits per heavy atom.